The zero-order chi connectivity index (χ0) is 21.7. The van der Waals surface area contributed by atoms with Crippen molar-refractivity contribution in [2.24, 2.45) is 0 Å². The van der Waals surface area contributed by atoms with Gasteiger partial charge in [-0.2, -0.15) is 0 Å². The number of hydrogen-bond donors (Lipinski definition) is 3. The van der Waals surface area contributed by atoms with Crippen molar-refractivity contribution >= 4 is 50.7 Å². The lowest BCUT2D eigenvalue weighted by atomic mass is 10.2. The van der Waals surface area contributed by atoms with Gasteiger partial charge in [-0.05, 0) is 60.7 Å². The SMILES string of the molecule is O=C(NNC(=O)c1cccc(S(=O)(=O)Nc2ccc(Cl)cc2)c1)c1cccc(Cl)c1. The lowest BCUT2D eigenvalue weighted by molar-refractivity contribution is 0.0846. The molecule has 0 saturated carbocycles. The molecule has 0 aromatic heterocycles. The summed E-state index contributed by atoms with van der Waals surface area (Å²) in [6.45, 7) is 0. The predicted octanol–water partition coefficient (Wildman–Crippen LogP) is 3.87. The summed E-state index contributed by atoms with van der Waals surface area (Å²) < 4.78 is 27.6. The van der Waals surface area contributed by atoms with Gasteiger partial charge in [0.2, 0.25) is 0 Å². The fraction of sp³-hybridized carbons (Fsp3) is 0. The molecule has 0 saturated heterocycles. The molecule has 3 rings (SSSR count). The lowest BCUT2D eigenvalue weighted by Gasteiger charge is -2.10. The first-order valence-corrected chi connectivity index (χ1v) is 10.7. The van der Waals surface area contributed by atoms with E-state index in [1.54, 1.807) is 24.3 Å². The van der Waals surface area contributed by atoms with Crippen LogP contribution < -0.4 is 15.6 Å². The van der Waals surface area contributed by atoms with E-state index in [0.717, 1.165) is 0 Å². The minimum Gasteiger partial charge on any atom is -0.280 e. The standard InChI is InChI=1S/C20H15Cl2N3O4S/c21-15-7-9-17(10-8-15)25-30(28,29)18-6-2-4-14(12-18)20(27)24-23-19(26)13-3-1-5-16(22)11-13/h1-12,25H,(H,23,26)(H,24,27). The molecule has 3 aromatic carbocycles. The Kier molecular flexibility index (Phi) is 6.61. The minimum atomic E-state index is -3.94. The molecule has 0 heterocycles. The van der Waals surface area contributed by atoms with Gasteiger partial charge in [-0.3, -0.25) is 25.2 Å². The quantitative estimate of drug-likeness (QED) is 0.499. The van der Waals surface area contributed by atoms with E-state index in [1.807, 2.05) is 0 Å². The molecule has 2 amide bonds. The second kappa shape index (κ2) is 9.17. The normalized spacial score (nSPS) is 10.9. The summed E-state index contributed by atoms with van der Waals surface area (Å²) in [6, 6.07) is 17.7. The maximum atomic E-state index is 12.6. The first kappa shape index (κ1) is 21.6. The summed E-state index contributed by atoms with van der Waals surface area (Å²) in [4.78, 5) is 24.3. The van der Waals surface area contributed by atoms with E-state index in [1.165, 1.54) is 48.5 Å². The molecule has 0 spiro atoms. The maximum absolute atomic E-state index is 12.6. The first-order chi connectivity index (χ1) is 14.2. The number of rotatable bonds is 5. The zero-order valence-corrected chi connectivity index (χ0v) is 17.6. The molecule has 0 bridgehead atoms. The van der Waals surface area contributed by atoms with Crippen molar-refractivity contribution in [3.8, 4) is 0 Å². The summed E-state index contributed by atoms with van der Waals surface area (Å²) in [5, 5.41) is 0.844. The van der Waals surface area contributed by atoms with E-state index < -0.39 is 21.8 Å². The fourth-order valence-corrected chi connectivity index (χ4v) is 3.84. The third-order valence-electron chi connectivity index (χ3n) is 3.88. The van der Waals surface area contributed by atoms with Gasteiger partial charge in [-0.15, -0.1) is 0 Å². The maximum Gasteiger partial charge on any atom is 0.269 e. The van der Waals surface area contributed by atoms with E-state index in [0.29, 0.717) is 15.7 Å². The number of nitrogens with one attached hydrogen (secondary N) is 3. The highest BCUT2D eigenvalue weighted by molar-refractivity contribution is 7.92. The summed E-state index contributed by atoms with van der Waals surface area (Å²) in [6.07, 6.45) is 0. The van der Waals surface area contributed by atoms with Gasteiger partial charge in [-0.25, -0.2) is 8.42 Å². The lowest BCUT2D eigenvalue weighted by Crippen LogP contribution is -2.41. The molecule has 0 aliphatic carbocycles. The van der Waals surface area contributed by atoms with Gasteiger partial charge < -0.3 is 0 Å². The summed E-state index contributed by atoms with van der Waals surface area (Å²) >= 11 is 11.6. The van der Waals surface area contributed by atoms with Crippen LogP contribution in [0.4, 0.5) is 5.69 Å². The molecule has 7 nitrogen and oxygen atoms in total. The Labute approximate surface area is 183 Å². The van der Waals surface area contributed by atoms with Crippen molar-refractivity contribution in [2.45, 2.75) is 4.90 Å². The Morgan fingerprint density at radius 3 is 1.87 bits per heavy atom. The van der Waals surface area contributed by atoms with Crippen molar-refractivity contribution in [1.82, 2.24) is 10.9 Å². The summed E-state index contributed by atoms with van der Waals surface area (Å²) in [7, 11) is -3.94. The predicted molar refractivity (Wildman–Crippen MR) is 115 cm³/mol. The number of hydrogen-bond acceptors (Lipinski definition) is 4. The van der Waals surface area contributed by atoms with Gasteiger partial charge in [0, 0.05) is 26.9 Å². The molecule has 154 valence electrons. The minimum absolute atomic E-state index is 0.0420. The second-order valence-electron chi connectivity index (χ2n) is 6.06. The molecule has 0 aliphatic heterocycles. The Hall–Kier alpha value is -3.07. The number of anilines is 1. The van der Waals surface area contributed by atoms with Crippen LogP contribution >= 0.6 is 23.2 Å². The third-order valence-corrected chi connectivity index (χ3v) is 5.75. The molecule has 0 unspecified atom stereocenters. The van der Waals surface area contributed by atoms with Gasteiger partial charge in [-0.1, -0.05) is 35.3 Å². The average Bonchev–Trinajstić information content (AvgIpc) is 2.73. The monoisotopic (exact) mass is 463 g/mol. The number of halogens is 2. The van der Waals surface area contributed by atoms with Crippen molar-refractivity contribution in [1.29, 1.82) is 0 Å². The molecule has 0 radical (unpaired) electrons. The van der Waals surface area contributed by atoms with E-state index >= 15 is 0 Å². The van der Waals surface area contributed by atoms with Crippen LogP contribution in [0.25, 0.3) is 0 Å². The third kappa shape index (κ3) is 5.50. The van der Waals surface area contributed by atoms with Crippen LogP contribution in [-0.4, -0.2) is 20.2 Å². The largest absolute Gasteiger partial charge is 0.280 e. The second-order valence-corrected chi connectivity index (χ2v) is 8.61. The van der Waals surface area contributed by atoms with Gasteiger partial charge >= 0.3 is 0 Å². The smallest absolute Gasteiger partial charge is 0.269 e. The molecule has 3 aromatic rings. The van der Waals surface area contributed by atoms with Crippen molar-refractivity contribution in [3.05, 3.63) is 94.0 Å². The average molecular weight is 464 g/mol. The van der Waals surface area contributed by atoms with Gasteiger partial charge in [0.05, 0.1) is 4.90 Å². The highest BCUT2D eigenvalue weighted by Gasteiger charge is 2.17. The zero-order valence-electron chi connectivity index (χ0n) is 15.2. The van der Waals surface area contributed by atoms with Crippen molar-refractivity contribution in [2.75, 3.05) is 4.72 Å². The number of hydrazine groups is 1. The molecular weight excluding hydrogens is 449 g/mol. The molecule has 0 atom stereocenters. The van der Waals surface area contributed by atoms with Crippen LogP contribution in [0.2, 0.25) is 10.0 Å². The molecule has 0 fully saturated rings. The van der Waals surface area contributed by atoms with Gasteiger partial charge in [0.25, 0.3) is 21.8 Å². The van der Waals surface area contributed by atoms with Crippen molar-refractivity contribution in [3.63, 3.8) is 0 Å². The molecule has 3 N–H and O–H groups in total. The van der Waals surface area contributed by atoms with Crippen LogP contribution in [0.3, 0.4) is 0 Å². The number of carbonyl (C=O) groups excluding carboxylic acids is 2. The van der Waals surface area contributed by atoms with Crippen LogP contribution in [-0.2, 0) is 10.0 Å². The van der Waals surface area contributed by atoms with Gasteiger partial charge in [0.15, 0.2) is 0 Å². The summed E-state index contributed by atoms with van der Waals surface area (Å²) in [5.74, 6) is -1.26. The number of amides is 2. The van der Waals surface area contributed by atoms with E-state index in [2.05, 4.69) is 15.6 Å². The molecular formula is C20H15Cl2N3O4S. The van der Waals surface area contributed by atoms with E-state index in [9.17, 15) is 18.0 Å². The van der Waals surface area contributed by atoms with E-state index in [4.69, 9.17) is 23.2 Å². The number of sulfonamides is 1. The van der Waals surface area contributed by atoms with Gasteiger partial charge in [0.1, 0.15) is 0 Å². The Bertz CT molecular complexity index is 1200. The fourth-order valence-electron chi connectivity index (χ4n) is 2.42. The van der Waals surface area contributed by atoms with E-state index in [-0.39, 0.29) is 16.0 Å². The van der Waals surface area contributed by atoms with Crippen LogP contribution in [0.5, 0.6) is 0 Å². The topological polar surface area (TPSA) is 104 Å². The van der Waals surface area contributed by atoms with Crippen molar-refractivity contribution < 1.29 is 18.0 Å². The molecule has 0 aliphatic rings. The van der Waals surface area contributed by atoms with Crippen LogP contribution in [0.1, 0.15) is 20.7 Å². The first-order valence-electron chi connectivity index (χ1n) is 8.49. The Balaban J connectivity index is 1.70. The number of carbonyl (C=O) groups is 2. The highest BCUT2D eigenvalue weighted by Crippen LogP contribution is 2.19. The Morgan fingerprint density at radius 1 is 0.700 bits per heavy atom. The number of benzene rings is 3. The molecule has 10 heteroatoms. The molecule has 30 heavy (non-hydrogen) atoms. The van der Waals surface area contributed by atoms with Crippen LogP contribution in [0.15, 0.2) is 77.7 Å². The Morgan fingerprint density at radius 2 is 1.27 bits per heavy atom. The van der Waals surface area contributed by atoms with Crippen LogP contribution in [0, 0.1) is 0 Å². The highest BCUT2D eigenvalue weighted by atomic mass is 35.5. The summed E-state index contributed by atoms with van der Waals surface area (Å²) in [5.41, 5.74) is 5.11.